The number of benzene rings is 1. The number of carbonyl (C=O) groups excluding carboxylic acids is 2. The summed E-state index contributed by atoms with van der Waals surface area (Å²) in [6, 6.07) is 5.21. The number of amides is 2. The van der Waals surface area contributed by atoms with Crippen LogP contribution in [0.5, 0.6) is 0 Å². The molecule has 4 N–H and O–H groups in total. The van der Waals surface area contributed by atoms with Crippen LogP contribution in [0.1, 0.15) is 58.8 Å². The fraction of sp³-hybridized carbons (Fsp3) is 0.560. The maximum atomic E-state index is 13.0. The number of morpholine rings is 1. The standard InChI is InChI=1S/C25H35N7O5S/c1-16-22-21(15-25(2,3)28-24(22)34)32(29-16)18-4-5-19(23(26)33)20(14-18)27-17-6-8-30(9-7-17)38(35,36)31-10-12-37-13-11-31/h4-5,14,17,27H,6-13,15H2,1-3H3,(H2,26,33)(H,28,34). The first-order valence-electron chi connectivity index (χ1n) is 12.9. The number of aromatic nitrogens is 2. The summed E-state index contributed by atoms with van der Waals surface area (Å²) in [5, 5.41) is 11.1. The third kappa shape index (κ3) is 5.03. The van der Waals surface area contributed by atoms with E-state index in [1.54, 1.807) is 16.8 Å². The number of nitrogens with zero attached hydrogens (tertiary/aromatic N) is 4. The van der Waals surface area contributed by atoms with Gasteiger partial charge in [0.25, 0.3) is 22.0 Å². The molecule has 0 radical (unpaired) electrons. The van der Waals surface area contributed by atoms with Crippen molar-refractivity contribution in [2.75, 3.05) is 44.7 Å². The summed E-state index contributed by atoms with van der Waals surface area (Å²) >= 11 is 0. The molecule has 2 amide bonds. The van der Waals surface area contributed by atoms with Crippen LogP contribution in [0, 0.1) is 6.92 Å². The average Bonchev–Trinajstić information content (AvgIpc) is 3.19. The lowest BCUT2D eigenvalue weighted by molar-refractivity contribution is 0.0697. The smallest absolute Gasteiger partial charge is 0.282 e. The normalized spacial score (nSPS) is 21.1. The van der Waals surface area contributed by atoms with Crippen LogP contribution >= 0.6 is 0 Å². The van der Waals surface area contributed by atoms with Crippen molar-refractivity contribution in [2.24, 2.45) is 5.73 Å². The zero-order valence-electron chi connectivity index (χ0n) is 22.0. The second-order valence-electron chi connectivity index (χ2n) is 10.8. The van der Waals surface area contributed by atoms with Crippen LogP contribution in [-0.4, -0.2) is 89.6 Å². The molecule has 38 heavy (non-hydrogen) atoms. The van der Waals surface area contributed by atoms with Crippen molar-refractivity contribution in [3.63, 3.8) is 0 Å². The lowest BCUT2D eigenvalue weighted by atomic mass is 9.90. The number of hydrogen-bond donors (Lipinski definition) is 3. The van der Waals surface area contributed by atoms with Gasteiger partial charge >= 0.3 is 0 Å². The van der Waals surface area contributed by atoms with Crippen molar-refractivity contribution in [1.29, 1.82) is 0 Å². The van der Waals surface area contributed by atoms with Crippen molar-refractivity contribution < 1.29 is 22.7 Å². The molecule has 2 aromatic rings. The Hall–Kier alpha value is -3.00. The largest absolute Gasteiger partial charge is 0.382 e. The fourth-order valence-electron chi connectivity index (χ4n) is 5.47. The van der Waals surface area contributed by atoms with Gasteiger partial charge < -0.3 is 21.1 Å². The van der Waals surface area contributed by atoms with Gasteiger partial charge in [-0.05, 0) is 51.8 Å². The van der Waals surface area contributed by atoms with Crippen LogP contribution in [0.3, 0.4) is 0 Å². The Kier molecular flexibility index (Phi) is 6.97. The molecule has 1 aromatic heterocycles. The lowest BCUT2D eigenvalue weighted by Gasteiger charge is -2.36. The highest BCUT2D eigenvalue weighted by molar-refractivity contribution is 7.86. The van der Waals surface area contributed by atoms with E-state index in [2.05, 4.69) is 15.7 Å². The minimum Gasteiger partial charge on any atom is -0.382 e. The number of piperidine rings is 1. The van der Waals surface area contributed by atoms with Gasteiger partial charge in [0.05, 0.1) is 41.4 Å². The van der Waals surface area contributed by atoms with Gasteiger partial charge in [0.1, 0.15) is 0 Å². The number of primary amides is 1. The molecule has 0 spiro atoms. The minimum atomic E-state index is -3.53. The molecule has 3 aliphatic heterocycles. The van der Waals surface area contributed by atoms with Crippen molar-refractivity contribution in [1.82, 2.24) is 23.7 Å². The third-order valence-electron chi connectivity index (χ3n) is 7.39. The molecule has 2 fully saturated rings. The van der Waals surface area contributed by atoms with E-state index < -0.39 is 21.7 Å². The van der Waals surface area contributed by atoms with Crippen LogP contribution in [-0.2, 0) is 21.4 Å². The van der Waals surface area contributed by atoms with Gasteiger partial charge in [0, 0.05) is 49.9 Å². The maximum absolute atomic E-state index is 13.0. The molecule has 4 heterocycles. The lowest BCUT2D eigenvalue weighted by Crippen LogP contribution is -2.51. The molecule has 3 aliphatic rings. The predicted molar refractivity (Wildman–Crippen MR) is 142 cm³/mol. The second-order valence-corrected chi connectivity index (χ2v) is 12.7. The van der Waals surface area contributed by atoms with E-state index in [-0.39, 0.29) is 11.9 Å². The quantitative estimate of drug-likeness (QED) is 0.485. The predicted octanol–water partition coefficient (Wildman–Crippen LogP) is 0.797. The molecule has 206 valence electrons. The molecule has 13 heteroatoms. The number of anilines is 1. The van der Waals surface area contributed by atoms with Crippen molar-refractivity contribution in [2.45, 2.75) is 51.6 Å². The topological polar surface area (TPSA) is 152 Å². The van der Waals surface area contributed by atoms with E-state index in [4.69, 9.17) is 10.5 Å². The Morgan fingerprint density at radius 1 is 1.16 bits per heavy atom. The Morgan fingerprint density at radius 2 is 1.82 bits per heavy atom. The highest BCUT2D eigenvalue weighted by Crippen LogP contribution is 2.30. The van der Waals surface area contributed by atoms with E-state index in [9.17, 15) is 18.0 Å². The van der Waals surface area contributed by atoms with Gasteiger partial charge in [-0.15, -0.1) is 0 Å². The maximum Gasteiger partial charge on any atom is 0.282 e. The molecule has 0 atom stereocenters. The number of aryl methyl sites for hydroxylation is 1. The van der Waals surface area contributed by atoms with Crippen LogP contribution < -0.4 is 16.4 Å². The SMILES string of the molecule is Cc1nn(-c2ccc(C(N)=O)c(NC3CCN(S(=O)(=O)N4CCOCC4)CC3)c2)c2c1C(=O)NC(C)(C)C2. The first-order chi connectivity index (χ1) is 18.0. The summed E-state index contributed by atoms with van der Waals surface area (Å²) in [4.78, 5) is 25.0. The summed E-state index contributed by atoms with van der Waals surface area (Å²) in [5.41, 5.74) is 8.90. The van der Waals surface area contributed by atoms with E-state index in [0.29, 0.717) is 86.9 Å². The first-order valence-corrected chi connectivity index (χ1v) is 14.3. The molecule has 1 aromatic carbocycles. The highest BCUT2D eigenvalue weighted by Gasteiger charge is 2.36. The van der Waals surface area contributed by atoms with Crippen molar-refractivity contribution in [3.8, 4) is 5.69 Å². The average molecular weight is 546 g/mol. The van der Waals surface area contributed by atoms with Gasteiger partial charge in [0.15, 0.2) is 0 Å². The number of ether oxygens (including phenoxy) is 1. The van der Waals surface area contributed by atoms with Crippen molar-refractivity contribution >= 4 is 27.7 Å². The van der Waals surface area contributed by atoms with Gasteiger partial charge in [-0.2, -0.15) is 22.1 Å². The molecule has 5 rings (SSSR count). The number of nitrogens with one attached hydrogen (secondary N) is 2. The monoisotopic (exact) mass is 545 g/mol. The second kappa shape index (κ2) is 9.95. The molecule has 0 bridgehead atoms. The molecule has 2 saturated heterocycles. The van der Waals surface area contributed by atoms with Crippen molar-refractivity contribution in [3.05, 3.63) is 40.7 Å². The zero-order chi connectivity index (χ0) is 27.2. The summed E-state index contributed by atoms with van der Waals surface area (Å²) in [5.74, 6) is -0.712. The van der Waals surface area contributed by atoms with Crippen LogP contribution in [0.4, 0.5) is 5.69 Å². The molecule has 0 unspecified atom stereocenters. The fourth-order valence-corrected chi connectivity index (χ4v) is 7.08. The molecular weight excluding hydrogens is 510 g/mol. The Morgan fingerprint density at radius 3 is 2.47 bits per heavy atom. The van der Waals surface area contributed by atoms with E-state index in [1.807, 2.05) is 26.8 Å². The third-order valence-corrected chi connectivity index (χ3v) is 9.43. The number of rotatable bonds is 6. The van der Waals surface area contributed by atoms with E-state index in [0.717, 1.165) is 5.69 Å². The van der Waals surface area contributed by atoms with E-state index in [1.165, 1.54) is 8.61 Å². The molecule has 0 aliphatic carbocycles. The van der Waals surface area contributed by atoms with Crippen LogP contribution in [0.25, 0.3) is 5.69 Å². The number of hydrogen-bond acceptors (Lipinski definition) is 7. The molecule has 0 saturated carbocycles. The highest BCUT2D eigenvalue weighted by atomic mass is 32.2. The molecule has 12 nitrogen and oxygen atoms in total. The van der Waals surface area contributed by atoms with E-state index >= 15 is 0 Å². The zero-order valence-corrected chi connectivity index (χ0v) is 22.8. The Labute approximate surface area is 222 Å². The van der Waals surface area contributed by atoms with Gasteiger partial charge in [0.2, 0.25) is 0 Å². The number of fused-ring (bicyclic) bond motifs is 1. The summed E-state index contributed by atoms with van der Waals surface area (Å²) in [6.45, 7) is 8.04. The minimum absolute atomic E-state index is 0.0440. The number of carbonyl (C=O) groups is 2. The summed E-state index contributed by atoms with van der Waals surface area (Å²) < 4.78 is 36.1. The van der Waals surface area contributed by atoms with Crippen LogP contribution in [0.2, 0.25) is 0 Å². The van der Waals surface area contributed by atoms with Gasteiger partial charge in [-0.3, -0.25) is 9.59 Å². The Balaban J connectivity index is 1.37. The van der Waals surface area contributed by atoms with Gasteiger partial charge in [-0.25, -0.2) is 4.68 Å². The Bertz CT molecular complexity index is 1360. The molecular formula is C25H35N7O5S. The number of nitrogens with two attached hydrogens (primary N) is 1. The first kappa shape index (κ1) is 26.6. The van der Waals surface area contributed by atoms with Gasteiger partial charge in [-0.1, -0.05) is 0 Å². The summed E-state index contributed by atoms with van der Waals surface area (Å²) in [6.07, 6.45) is 1.76. The summed E-state index contributed by atoms with van der Waals surface area (Å²) in [7, 11) is -3.53. The van der Waals surface area contributed by atoms with Crippen LogP contribution in [0.15, 0.2) is 18.2 Å².